The third-order valence-corrected chi connectivity index (χ3v) is 6.65. The van der Waals surface area contributed by atoms with E-state index < -0.39 is 26.7 Å². The molecule has 0 amide bonds. The molecular formula is C18H20F3NO3S2. The van der Waals surface area contributed by atoms with Crippen LogP contribution in [0.25, 0.3) is 0 Å². The predicted octanol–water partition coefficient (Wildman–Crippen LogP) is 4.57. The van der Waals surface area contributed by atoms with E-state index in [0.29, 0.717) is 17.4 Å². The van der Waals surface area contributed by atoms with Gasteiger partial charge in [-0.25, -0.2) is 8.42 Å². The van der Waals surface area contributed by atoms with Crippen LogP contribution in [0.5, 0.6) is 5.75 Å². The van der Waals surface area contributed by atoms with E-state index >= 15 is 0 Å². The lowest BCUT2D eigenvalue weighted by Crippen LogP contribution is -2.27. The van der Waals surface area contributed by atoms with E-state index in [4.69, 9.17) is 4.74 Å². The first kappa shape index (κ1) is 21.6. The molecule has 0 bridgehead atoms. The average molecular weight is 419 g/mol. The summed E-state index contributed by atoms with van der Waals surface area (Å²) in [6.07, 6.45) is -2.72. The first-order chi connectivity index (χ1) is 12.5. The van der Waals surface area contributed by atoms with Gasteiger partial charge >= 0.3 is 6.18 Å². The Bertz CT molecular complexity index is 928. The molecule has 2 aromatic rings. The third-order valence-electron chi connectivity index (χ3n) is 4.08. The number of methoxy groups -OCH3 is 1. The highest BCUT2D eigenvalue weighted by Gasteiger charge is 2.34. The van der Waals surface area contributed by atoms with Crippen molar-refractivity contribution in [3.05, 3.63) is 53.1 Å². The van der Waals surface area contributed by atoms with E-state index in [2.05, 4.69) is 0 Å². The molecule has 0 radical (unpaired) electrons. The van der Waals surface area contributed by atoms with Crippen molar-refractivity contribution >= 4 is 21.8 Å². The van der Waals surface area contributed by atoms with E-state index in [9.17, 15) is 21.6 Å². The van der Waals surface area contributed by atoms with E-state index in [1.165, 1.54) is 45.0 Å². The van der Waals surface area contributed by atoms with Crippen molar-refractivity contribution in [2.24, 2.45) is 0 Å². The molecule has 0 unspecified atom stereocenters. The van der Waals surface area contributed by atoms with Crippen molar-refractivity contribution in [2.75, 3.05) is 20.4 Å². The second-order valence-corrected chi connectivity index (χ2v) is 8.82. The standard InChI is InChI=1S/C18H20F3NO3S2/c1-12-5-7-14(10-15(12)18(19,20)21)27(23,24)22(2)11-13-6-8-17(26-4)16(9-13)25-3/h5-10H,11H2,1-4H3. The number of alkyl halides is 3. The van der Waals surface area contributed by atoms with Gasteiger partial charge in [-0.1, -0.05) is 12.1 Å². The fourth-order valence-corrected chi connectivity index (χ4v) is 4.30. The van der Waals surface area contributed by atoms with Crippen molar-refractivity contribution in [3.8, 4) is 5.75 Å². The molecule has 4 nitrogen and oxygen atoms in total. The van der Waals surface area contributed by atoms with Crippen LogP contribution in [0, 0.1) is 6.92 Å². The number of nitrogens with zero attached hydrogens (tertiary/aromatic N) is 1. The molecule has 0 aliphatic heterocycles. The number of ether oxygens (including phenoxy) is 1. The van der Waals surface area contributed by atoms with Crippen LogP contribution in [0.4, 0.5) is 13.2 Å². The SMILES string of the molecule is COc1cc(CN(C)S(=O)(=O)c2ccc(C)c(C(F)(F)F)c2)ccc1SC. The minimum Gasteiger partial charge on any atom is -0.496 e. The Labute approximate surface area is 161 Å². The number of benzene rings is 2. The van der Waals surface area contributed by atoms with Gasteiger partial charge in [-0.3, -0.25) is 0 Å². The van der Waals surface area contributed by atoms with E-state index in [-0.39, 0.29) is 12.1 Å². The van der Waals surface area contributed by atoms with Crippen molar-refractivity contribution in [1.82, 2.24) is 4.31 Å². The second kappa shape index (κ2) is 8.12. The van der Waals surface area contributed by atoms with Crippen LogP contribution in [-0.4, -0.2) is 33.1 Å². The molecule has 0 saturated heterocycles. The van der Waals surface area contributed by atoms with Crippen molar-refractivity contribution in [1.29, 1.82) is 0 Å². The van der Waals surface area contributed by atoms with Crippen LogP contribution in [0.3, 0.4) is 0 Å². The van der Waals surface area contributed by atoms with Gasteiger partial charge in [-0.05, 0) is 48.6 Å². The molecule has 0 atom stereocenters. The first-order valence-electron chi connectivity index (χ1n) is 7.85. The molecule has 0 heterocycles. The average Bonchev–Trinajstić information content (AvgIpc) is 2.60. The lowest BCUT2D eigenvalue weighted by molar-refractivity contribution is -0.138. The Morgan fingerprint density at radius 3 is 2.37 bits per heavy atom. The lowest BCUT2D eigenvalue weighted by atomic mass is 10.1. The van der Waals surface area contributed by atoms with Crippen molar-refractivity contribution < 1.29 is 26.3 Å². The molecule has 0 aliphatic rings. The zero-order chi connectivity index (χ0) is 20.4. The minimum absolute atomic E-state index is 0.00256. The fraction of sp³-hybridized carbons (Fsp3) is 0.333. The van der Waals surface area contributed by atoms with Crippen molar-refractivity contribution in [3.63, 3.8) is 0 Å². The second-order valence-electron chi connectivity index (χ2n) is 5.92. The normalized spacial score (nSPS) is 12.4. The largest absolute Gasteiger partial charge is 0.496 e. The van der Waals surface area contributed by atoms with Gasteiger partial charge in [-0.2, -0.15) is 17.5 Å². The molecule has 9 heteroatoms. The van der Waals surface area contributed by atoms with Gasteiger partial charge in [0, 0.05) is 18.5 Å². The van der Waals surface area contributed by atoms with Gasteiger partial charge < -0.3 is 4.74 Å². The molecule has 0 saturated carbocycles. The molecule has 0 aliphatic carbocycles. The number of hydrogen-bond acceptors (Lipinski definition) is 4. The summed E-state index contributed by atoms with van der Waals surface area (Å²) in [5.41, 5.74) is -0.316. The maximum Gasteiger partial charge on any atom is 0.416 e. The Kier molecular flexibility index (Phi) is 6.49. The highest BCUT2D eigenvalue weighted by atomic mass is 32.2. The minimum atomic E-state index is -4.62. The number of hydrogen-bond donors (Lipinski definition) is 0. The fourth-order valence-electron chi connectivity index (χ4n) is 2.57. The van der Waals surface area contributed by atoms with Crippen LogP contribution in [-0.2, 0) is 22.7 Å². The van der Waals surface area contributed by atoms with Gasteiger partial charge in [0.1, 0.15) is 5.75 Å². The highest BCUT2D eigenvalue weighted by molar-refractivity contribution is 7.98. The number of thioether (sulfide) groups is 1. The lowest BCUT2D eigenvalue weighted by Gasteiger charge is -2.19. The van der Waals surface area contributed by atoms with E-state index in [1.54, 1.807) is 12.1 Å². The molecule has 0 aromatic heterocycles. The van der Waals surface area contributed by atoms with Gasteiger partial charge in [-0.15, -0.1) is 11.8 Å². The first-order valence-corrected chi connectivity index (χ1v) is 10.5. The summed E-state index contributed by atoms with van der Waals surface area (Å²) in [6, 6.07) is 8.32. The Morgan fingerprint density at radius 1 is 1.15 bits per heavy atom. The summed E-state index contributed by atoms with van der Waals surface area (Å²) in [5, 5.41) is 0. The number of sulfonamides is 1. The van der Waals surface area contributed by atoms with Crippen LogP contribution in [0.2, 0.25) is 0 Å². The summed E-state index contributed by atoms with van der Waals surface area (Å²) < 4.78 is 71.0. The quantitative estimate of drug-likeness (QED) is 0.644. The van der Waals surface area contributed by atoms with Crippen LogP contribution < -0.4 is 4.74 Å². The van der Waals surface area contributed by atoms with Crippen LogP contribution in [0.1, 0.15) is 16.7 Å². The van der Waals surface area contributed by atoms with E-state index in [0.717, 1.165) is 9.20 Å². The molecule has 2 rings (SSSR count). The molecule has 0 fully saturated rings. The Morgan fingerprint density at radius 2 is 1.81 bits per heavy atom. The zero-order valence-corrected chi connectivity index (χ0v) is 16.9. The maximum absolute atomic E-state index is 13.1. The van der Waals surface area contributed by atoms with Crippen molar-refractivity contribution in [2.45, 2.75) is 29.4 Å². The summed E-state index contributed by atoms with van der Waals surface area (Å²) in [7, 11) is -1.24. The number of rotatable bonds is 6. The highest BCUT2D eigenvalue weighted by Crippen LogP contribution is 2.34. The number of halogens is 3. The molecular weight excluding hydrogens is 399 g/mol. The Balaban J connectivity index is 2.34. The summed E-state index contributed by atoms with van der Waals surface area (Å²) in [4.78, 5) is 0.510. The van der Waals surface area contributed by atoms with Crippen LogP contribution >= 0.6 is 11.8 Å². The number of aryl methyl sites for hydroxylation is 1. The van der Waals surface area contributed by atoms with Gasteiger partial charge in [0.2, 0.25) is 10.0 Å². The predicted molar refractivity (Wildman–Crippen MR) is 99.6 cm³/mol. The third kappa shape index (κ3) is 4.77. The monoisotopic (exact) mass is 419 g/mol. The van der Waals surface area contributed by atoms with Gasteiger partial charge in [0.15, 0.2) is 0 Å². The molecule has 0 spiro atoms. The van der Waals surface area contributed by atoms with Crippen LogP contribution in [0.15, 0.2) is 46.2 Å². The smallest absolute Gasteiger partial charge is 0.416 e. The maximum atomic E-state index is 13.1. The summed E-state index contributed by atoms with van der Waals surface area (Å²) >= 11 is 1.49. The molecule has 148 valence electrons. The summed E-state index contributed by atoms with van der Waals surface area (Å²) in [6.45, 7) is 1.30. The summed E-state index contributed by atoms with van der Waals surface area (Å²) in [5.74, 6) is 0.612. The molecule has 2 aromatic carbocycles. The topological polar surface area (TPSA) is 46.6 Å². The molecule has 27 heavy (non-hydrogen) atoms. The van der Waals surface area contributed by atoms with Gasteiger partial charge in [0.05, 0.1) is 17.6 Å². The molecule has 0 N–H and O–H groups in total. The van der Waals surface area contributed by atoms with Gasteiger partial charge in [0.25, 0.3) is 0 Å². The zero-order valence-electron chi connectivity index (χ0n) is 15.3. The van der Waals surface area contributed by atoms with E-state index in [1.807, 2.05) is 12.3 Å². The Hall–Kier alpha value is -1.71.